The van der Waals surface area contributed by atoms with Crippen LogP contribution in [0.2, 0.25) is 0 Å². The van der Waals surface area contributed by atoms with Crippen LogP contribution in [-0.4, -0.2) is 80.1 Å². The zero-order valence-electron chi connectivity index (χ0n) is 22.6. The molecule has 2 bridgehead atoms. The highest BCUT2D eigenvalue weighted by Gasteiger charge is 2.75. The fraction of sp³-hybridized carbons (Fsp3) is 0.750. The highest BCUT2D eigenvalue weighted by molar-refractivity contribution is 8.02. The first-order chi connectivity index (χ1) is 16.9. The van der Waals surface area contributed by atoms with Crippen molar-refractivity contribution in [1.29, 1.82) is 0 Å². The molecule has 202 valence electrons. The first-order valence-corrected chi connectivity index (χ1v) is 14.1. The topological polar surface area (TPSA) is 87.2 Å². The maximum absolute atomic E-state index is 14.4. The van der Waals surface area contributed by atoms with Gasteiger partial charge in [0.05, 0.1) is 35.8 Å². The summed E-state index contributed by atoms with van der Waals surface area (Å²) < 4.78 is 4.93. The Balaban J connectivity index is 2.04. The number of aliphatic hydroxyl groups excluding tert-OH is 1. The van der Waals surface area contributed by atoms with Crippen LogP contribution in [0.25, 0.3) is 0 Å². The summed E-state index contributed by atoms with van der Waals surface area (Å²) in [6.45, 7) is 18.0. The average molecular weight is 521 g/mol. The van der Waals surface area contributed by atoms with Gasteiger partial charge < -0.3 is 19.6 Å². The molecule has 3 rings (SSSR count). The van der Waals surface area contributed by atoms with Gasteiger partial charge in [-0.25, -0.2) is 0 Å². The molecule has 3 fully saturated rings. The Hall–Kier alpha value is -1.80. The van der Waals surface area contributed by atoms with Crippen LogP contribution in [0, 0.1) is 17.8 Å². The van der Waals surface area contributed by atoms with Crippen molar-refractivity contribution in [2.75, 3.05) is 19.8 Å². The quantitative estimate of drug-likeness (QED) is 0.239. The van der Waals surface area contributed by atoms with E-state index < -0.39 is 34.2 Å². The van der Waals surface area contributed by atoms with E-state index >= 15 is 0 Å². The molecule has 3 aliphatic heterocycles. The van der Waals surface area contributed by atoms with E-state index in [2.05, 4.69) is 13.2 Å². The third-order valence-corrected chi connectivity index (χ3v) is 9.73. The number of hydrogen-bond acceptors (Lipinski definition) is 6. The van der Waals surface area contributed by atoms with Crippen molar-refractivity contribution in [3.63, 3.8) is 0 Å². The molecule has 0 aliphatic carbocycles. The Labute approximate surface area is 220 Å². The molecule has 3 heterocycles. The smallest absolute Gasteiger partial charge is 0.310 e. The lowest BCUT2D eigenvalue weighted by atomic mass is 9.71. The van der Waals surface area contributed by atoms with Crippen LogP contribution in [0.3, 0.4) is 0 Å². The Bertz CT molecular complexity index is 868. The van der Waals surface area contributed by atoms with E-state index in [1.165, 1.54) is 0 Å². The van der Waals surface area contributed by atoms with E-state index in [-0.39, 0.29) is 35.6 Å². The molecule has 0 aromatic rings. The van der Waals surface area contributed by atoms with Gasteiger partial charge in [0.1, 0.15) is 6.04 Å². The molecule has 6 atom stereocenters. The molecule has 1 spiro atoms. The van der Waals surface area contributed by atoms with Gasteiger partial charge in [-0.1, -0.05) is 26.0 Å². The SMILES string of the molecule is C=CCCCOC(=O)[C@@H]1[C@@H]2CCC3(S2)C(C(=O)N(CC=C)C(C)(C)C)N([C@@H](CO)CC(C)C)C(=O)[C@H]13. The van der Waals surface area contributed by atoms with Gasteiger partial charge in [0, 0.05) is 17.3 Å². The molecule has 0 aromatic carbocycles. The normalized spacial score (nSPS) is 29.9. The molecule has 2 unspecified atom stereocenters. The van der Waals surface area contributed by atoms with Gasteiger partial charge in [0.15, 0.2) is 0 Å². The van der Waals surface area contributed by atoms with E-state index in [0.29, 0.717) is 32.4 Å². The molecule has 3 aliphatic rings. The average Bonchev–Trinajstić information content (AvgIpc) is 3.44. The van der Waals surface area contributed by atoms with Crippen LogP contribution in [0.4, 0.5) is 0 Å². The van der Waals surface area contributed by atoms with Crippen molar-refractivity contribution in [1.82, 2.24) is 9.80 Å². The Kier molecular flexibility index (Phi) is 9.03. The Morgan fingerprint density at radius 3 is 2.56 bits per heavy atom. The minimum Gasteiger partial charge on any atom is -0.465 e. The zero-order valence-corrected chi connectivity index (χ0v) is 23.4. The summed E-state index contributed by atoms with van der Waals surface area (Å²) in [6, 6.07) is -1.22. The van der Waals surface area contributed by atoms with E-state index in [1.807, 2.05) is 34.6 Å². The first-order valence-electron chi connectivity index (χ1n) is 13.2. The van der Waals surface area contributed by atoms with E-state index in [0.717, 1.165) is 12.8 Å². The number of hydrogen-bond donors (Lipinski definition) is 1. The molecule has 7 nitrogen and oxygen atoms in total. The number of carbonyl (C=O) groups excluding carboxylic acids is 3. The van der Waals surface area contributed by atoms with Crippen molar-refractivity contribution >= 4 is 29.5 Å². The summed E-state index contributed by atoms with van der Waals surface area (Å²) in [5.41, 5.74) is -0.480. The molecule has 3 saturated heterocycles. The highest BCUT2D eigenvalue weighted by atomic mass is 32.2. The molecule has 8 heteroatoms. The number of rotatable bonds is 12. The van der Waals surface area contributed by atoms with Crippen LogP contribution in [0.15, 0.2) is 25.3 Å². The summed E-state index contributed by atoms with van der Waals surface area (Å²) in [5.74, 6) is -1.62. The molecule has 36 heavy (non-hydrogen) atoms. The summed E-state index contributed by atoms with van der Waals surface area (Å²) in [6.07, 6.45) is 6.99. The number of aliphatic hydroxyl groups is 1. The number of ether oxygens (including phenoxy) is 1. The lowest BCUT2D eigenvalue weighted by molar-refractivity contribution is -0.154. The number of amides is 2. The Morgan fingerprint density at radius 2 is 2.00 bits per heavy atom. The minimum absolute atomic E-state index is 0.0385. The maximum atomic E-state index is 14.4. The number of fused-ring (bicyclic) bond motifs is 1. The first kappa shape index (κ1) is 28.8. The molecule has 0 radical (unpaired) electrons. The number of thioether (sulfide) groups is 1. The fourth-order valence-electron chi connectivity index (χ4n) is 6.32. The molecule has 1 N–H and O–H groups in total. The predicted octanol–water partition coefficient (Wildman–Crippen LogP) is 3.81. The number of nitrogens with zero attached hydrogens (tertiary/aromatic N) is 2. The molecule has 0 saturated carbocycles. The second-order valence-electron chi connectivity index (χ2n) is 11.8. The van der Waals surface area contributed by atoms with Crippen LogP contribution < -0.4 is 0 Å². The fourth-order valence-corrected chi connectivity index (χ4v) is 8.51. The van der Waals surface area contributed by atoms with Gasteiger partial charge in [-0.3, -0.25) is 14.4 Å². The maximum Gasteiger partial charge on any atom is 0.310 e. The van der Waals surface area contributed by atoms with E-state index in [1.54, 1.807) is 33.7 Å². The van der Waals surface area contributed by atoms with Gasteiger partial charge >= 0.3 is 5.97 Å². The number of esters is 1. The van der Waals surface area contributed by atoms with Crippen LogP contribution in [-0.2, 0) is 19.1 Å². The van der Waals surface area contributed by atoms with Crippen molar-refractivity contribution in [3.8, 4) is 0 Å². The third kappa shape index (κ3) is 5.13. The summed E-state index contributed by atoms with van der Waals surface area (Å²) >= 11 is 1.63. The molecule has 0 aromatic heterocycles. The lowest BCUT2D eigenvalue weighted by Crippen LogP contribution is -2.60. The van der Waals surface area contributed by atoms with E-state index in [9.17, 15) is 19.5 Å². The number of likely N-dealkylation sites (tertiary alicyclic amines) is 1. The second kappa shape index (κ2) is 11.3. The highest BCUT2D eigenvalue weighted by Crippen LogP contribution is 2.67. The van der Waals surface area contributed by atoms with Crippen molar-refractivity contribution in [2.24, 2.45) is 17.8 Å². The lowest BCUT2D eigenvalue weighted by Gasteiger charge is -2.43. The Morgan fingerprint density at radius 1 is 1.31 bits per heavy atom. The van der Waals surface area contributed by atoms with Crippen LogP contribution in [0.5, 0.6) is 0 Å². The van der Waals surface area contributed by atoms with Gasteiger partial charge in [0.2, 0.25) is 11.8 Å². The second-order valence-corrected chi connectivity index (χ2v) is 13.4. The van der Waals surface area contributed by atoms with Crippen molar-refractivity contribution in [2.45, 2.75) is 94.3 Å². The summed E-state index contributed by atoms with van der Waals surface area (Å²) in [7, 11) is 0. The molecular weight excluding hydrogens is 476 g/mol. The summed E-state index contributed by atoms with van der Waals surface area (Å²) in [4.78, 5) is 45.3. The van der Waals surface area contributed by atoms with Gasteiger partial charge in [-0.05, 0) is 58.8 Å². The monoisotopic (exact) mass is 520 g/mol. The standard InChI is InChI=1S/C28H44N2O5S/c1-8-10-11-15-35-26(34)21-20-12-13-28(36-20)22(21)24(32)30(19(17-31)16-18(3)4)23(28)25(33)29(14-9-2)27(5,6)7/h8-9,18-23,31H,1-2,10-17H2,3-7H3/t19-,20+,21-,22+,23?,28?/m1/s1. The van der Waals surface area contributed by atoms with E-state index in [4.69, 9.17) is 4.74 Å². The third-order valence-electron chi connectivity index (χ3n) is 7.78. The molecular formula is C28H44N2O5S. The van der Waals surface area contributed by atoms with Crippen molar-refractivity contribution < 1.29 is 24.2 Å². The summed E-state index contributed by atoms with van der Waals surface area (Å²) in [5, 5.41) is 10.3. The number of allylic oxidation sites excluding steroid dienone is 1. The van der Waals surface area contributed by atoms with Gasteiger partial charge in [-0.2, -0.15) is 0 Å². The number of unbranched alkanes of at least 4 members (excludes halogenated alkanes) is 1. The van der Waals surface area contributed by atoms with Crippen LogP contribution >= 0.6 is 11.8 Å². The van der Waals surface area contributed by atoms with Crippen LogP contribution in [0.1, 0.15) is 66.7 Å². The largest absolute Gasteiger partial charge is 0.465 e. The van der Waals surface area contributed by atoms with Crippen molar-refractivity contribution in [3.05, 3.63) is 25.3 Å². The molecule has 2 amide bonds. The van der Waals surface area contributed by atoms with Gasteiger partial charge in [-0.15, -0.1) is 24.9 Å². The minimum atomic E-state index is -0.737. The number of carbonyl (C=O) groups is 3. The van der Waals surface area contributed by atoms with Gasteiger partial charge in [0.25, 0.3) is 0 Å². The predicted molar refractivity (Wildman–Crippen MR) is 143 cm³/mol. The zero-order chi connectivity index (χ0) is 26.8.